The van der Waals surface area contributed by atoms with Crippen LogP contribution >= 0.6 is 0 Å². The number of aryl methyl sites for hydroxylation is 1. The van der Waals surface area contributed by atoms with E-state index in [-0.39, 0.29) is 0 Å². The van der Waals surface area contributed by atoms with Gasteiger partial charge in [-0.3, -0.25) is 0 Å². The van der Waals surface area contributed by atoms with Crippen molar-refractivity contribution in [2.24, 2.45) is 5.92 Å². The fourth-order valence-corrected chi connectivity index (χ4v) is 8.15. The molecule has 0 radical (unpaired) electrons. The Labute approximate surface area is 374 Å². The van der Waals surface area contributed by atoms with E-state index >= 15 is 0 Å². The highest BCUT2D eigenvalue weighted by molar-refractivity contribution is 6.06. The molecule has 8 aromatic carbocycles. The maximum atomic E-state index is 6.09. The topological polar surface area (TPSA) is 13.1 Å². The van der Waals surface area contributed by atoms with Gasteiger partial charge in [-0.15, -0.1) is 0 Å². The van der Waals surface area contributed by atoms with Gasteiger partial charge in [0.15, 0.2) is 0 Å². The molecule has 1 heterocycles. The van der Waals surface area contributed by atoms with Crippen LogP contribution in [-0.4, -0.2) is 0 Å². The number of benzene rings is 8. The van der Waals surface area contributed by atoms with E-state index in [1.54, 1.807) is 0 Å². The van der Waals surface area contributed by atoms with E-state index in [1.165, 1.54) is 83.5 Å². The molecule has 9 aromatic rings. The van der Waals surface area contributed by atoms with Crippen LogP contribution in [-0.2, 0) is 6.42 Å². The molecule has 0 saturated heterocycles. The molecule has 0 atom stereocenters. The van der Waals surface area contributed by atoms with Crippen LogP contribution in [0.3, 0.4) is 0 Å². The summed E-state index contributed by atoms with van der Waals surface area (Å²) in [5, 5.41) is 2.29. The van der Waals surface area contributed by atoms with Gasteiger partial charge in [0, 0.05) is 10.8 Å². The molecule has 0 fully saturated rings. The number of fused-ring (bicyclic) bond motifs is 3. The quantitative estimate of drug-likeness (QED) is 0.0936. The monoisotopic (exact) mass is 816 g/mol. The van der Waals surface area contributed by atoms with E-state index in [2.05, 4.69) is 216 Å². The van der Waals surface area contributed by atoms with E-state index in [4.69, 9.17) is 4.42 Å². The van der Waals surface area contributed by atoms with Gasteiger partial charge in [0.1, 0.15) is 11.2 Å². The molecule has 0 spiro atoms. The second-order valence-corrected chi connectivity index (χ2v) is 16.7. The van der Waals surface area contributed by atoms with Crippen molar-refractivity contribution in [2.75, 3.05) is 0 Å². The third-order valence-corrected chi connectivity index (χ3v) is 11.9. The number of para-hydroxylation sites is 1. The van der Waals surface area contributed by atoms with Gasteiger partial charge in [0.2, 0.25) is 0 Å². The van der Waals surface area contributed by atoms with Gasteiger partial charge in [-0.1, -0.05) is 191 Å². The van der Waals surface area contributed by atoms with E-state index in [1.807, 2.05) is 31.2 Å². The standard InChI is InChI=1S/C54H42O.C8H14/c1-3-4-5-13-38-30-49(27-26-37(38)2)47-22-11-20-45(34-47)43-18-9-16-41(32-43)39-14-8-15-40(31-39)42-17-10-19-44(33-42)46-21-12-23-48(35-46)50-28-29-54-52(36-50)51-24-6-7-25-53(51)55-54;1-5-6-8(4)7(2)3/h4-12,14-36H,3,13H2,1-2H3;5-7H,4H2,1-3H3/b5-4-;6-5-. The second-order valence-electron chi connectivity index (χ2n) is 16.7. The Morgan fingerprint density at radius 1 is 0.476 bits per heavy atom. The molecule has 0 saturated carbocycles. The van der Waals surface area contributed by atoms with Gasteiger partial charge in [-0.05, 0) is 159 Å². The third kappa shape index (κ3) is 9.96. The molecule has 0 amide bonds. The maximum Gasteiger partial charge on any atom is 0.135 e. The molecule has 310 valence electrons. The van der Waals surface area contributed by atoms with Crippen LogP contribution in [0.5, 0.6) is 0 Å². The number of allylic oxidation sites excluding steroid dienone is 5. The first-order valence-corrected chi connectivity index (χ1v) is 22.3. The number of hydrogen-bond acceptors (Lipinski definition) is 1. The number of hydrogen-bond donors (Lipinski definition) is 0. The highest BCUT2D eigenvalue weighted by atomic mass is 16.3. The van der Waals surface area contributed by atoms with Crippen LogP contribution in [0.15, 0.2) is 223 Å². The van der Waals surface area contributed by atoms with Crippen molar-refractivity contribution >= 4 is 21.9 Å². The van der Waals surface area contributed by atoms with Crippen molar-refractivity contribution in [2.45, 2.75) is 47.5 Å². The van der Waals surface area contributed by atoms with Crippen LogP contribution in [0.4, 0.5) is 0 Å². The predicted octanol–water partition coefficient (Wildman–Crippen LogP) is 18.2. The molecule has 0 aliphatic rings. The van der Waals surface area contributed by atoms with Gasteiger partial charge in [-0.25, -0.2) is 0 Å². The lowest BCUT2D eigenvalue weighted by Gasteiger charge is -2.12. The smallest absolute Gasteiger partial charge is 0.135 e. The molecule has 1 aromatic heterocycles. The fourth-order valence-electron chi connectivity index (χ4n) is 8.15. The summed E-state index contributed by atoms with van der Waals surface area (Å²) in [4.78, 5) is 0. The van der Waals surface area contributed by atoms with Crippen molar-refractivity contribution < 1.29 is 4.42 Å². The van der Waals surface area contributed by atoms with Gasteiger partial charge in [0.05, 0.1) is 0 Å². The molecule has 0 N–H and O–H groups in total. The Hall–Kier alpha value is -7.22. The van der Waals surface area contributed by atoms with Gasteiger partial charge >= 0.3 is 0 Å². The lowest BCUT2D eigenvalue weighted by Crippen LogP contribution is -1.89. The largest absolute Gasteiger partial charge is 0.456 e. The van der Waals surface area contributed by atoms with Gasteiger partial charge < -0.3 is 4.42 Å². The Bertz CT molecular complexity index is 3090. The fraction of sp³-hybridized carbons (Fsp3) is 0.129. The number of rotatable bonds is 11. The highest BCUT2D eigenvalue weighted by Gasteiger charge is 2.11. The molecule has 63 heavy (non-hydrogen) atoms. The van der Waals surface area contributed by atoms with Gasteiger partial charge in [-0.2, -0.15) is 0 Å². The Balaban J connectivity index is 0.000000622. The molecule has 0 aliphatic heterocycles. The lowest BCUT2D eigenvalue weighted by molar-refractivity contribution is 0.669. The van der Waals surface area contributed by atoms with Crippen LogP contribution < -0.4 is 0 Å². The maximum absolute atomic E-state index is 6.09. The van der Waals surface area contributed by atoms with Gasteiger partial charge in [0.25, 0.3) is 0 Å². The third-order valence-electron chi connectivity index (χ3n) is 11.9. The first-order valence-electron chi connectivity index (χ1n) is 22.3. The Morgan fingerprint density at radius 2 is 0.889 bits per heavy atom. The highest BCUT2D eigenvalue weighted by Crippen LogP contribution is 2.36. The summed E-state index contributed by atoms with van der Waals surface area (Å²) in [6.45, 7) is 14.5. The van der Waals surface area contributed by atoms with Crippen molar-refractivity contribution in [3.8, 4) is 66.8 Å². The molecule has 9 rings (SSSR count). The molecule has 0 bridgehead atoms. The predicted molar refractivity (Wildman–Crippen MR) is 273 cm³/mol. The summed E-state index contributed by atoms with van der Waals surface area (Å²) in [6.07, 6.45) is 10.6. The normalized spacial score (nSPS) is 11.5. The van der Waals surface area contributed by atoms with Crippen molar-refractivity contribution in [3.05, 3.63) is 230 Å². The minimum atomic E-state index is 0.589. The van der Waals surface area contributed by atoms with E-state index in [9.17, 15) is 0 Å². The first kappa shape index (κ1) is 42.5. The average Bonchev–Trinajstić information content (AvgIpc) is 3.71. The van der Waals surface area contributed by atoms with Crippen LogP contribution in [0, 0.1) is 12.8 Å². The molecular weight excluding hydrogens is 761 g/mol. The first-order chi connectivity index (χ1) is 30.8. The zero-order chi connectivity index (χ0) is 43.7. The molecule has 0 unspecified atom stereocenters. The van der Waals surface area contributed by atoms with E-state index < -0.39 is 0 Å². The zero-order valence-electron chi connectivity index (χ0n) is 37.2. The van der Waals surface area contributed by atoms with E-state index in [0.717, 1.165) is 34.8 Å². The Kier molecular flexibility index (Phi) is 13.3. The average molecular weight is 817 g/mol. The molecule has 1 heteroatoms. The minimum absolute atomic E-state index is 0.589. The molecule has 1 nitrogen and oxygen atoms in total. The summed E-state index contributed by atoms with van der Waals surface area (Å²) in [5.41, 5.74) is 20.2. The van der Waals surface area contributed by atoms with Crippen LogP contribution in [0.25, 0.3) is 88.7 Å². The lowest BCUT2D eigenvalue weighted by atomic mass is 9.93. The minimum Gasteiger partial charge on any atom is -0.456 e. The molecule has 0 aliphatic carbocycles. The van der Waals surface area contributed by atoms with E-state index in [0.29, 0.717) is 5.92 Å². The van der Waals surface area contributed by atoms with Crippen molar-refractivity contribution in [1.29, 1.82) is 0 Å². The number of furan rings is 1. The summed E-state index contributed by atoms with van der Waals surface area (Å²) in [5.74, 6) is 0.589. The zero-order valence-corrected chi connectivity index (χ0v) is 37.2. The summed E-state index contributed by atoms with van der Waals surface area (Å²) in [6, 6.07) is 66.1. The van der Waals surface area contributed by atoms with Crippen LogP contribution in [0.1, 0.15) is 45.2 Å². The van der Waals surface area contributed by atoms with Crippen molar-refractivity contribution in [1.82, 2.24) is 0 Å². The summed E-state index contributed by atoms with van der Waals surface area (Å²) >= 11 is 0. The SMILES string of the molecule is C=C(/C=C\C)C(C)C.CC/C=C\Cc1cc(-c2cccc(-c3cccc(-c4cccc(-c5cccc(-c6cccc(-c7ccc8oc9ccccc9c8c7)c6)c5)c4)c3)c2)ccc1C. The summed E-state index contributed by atoms with van der Waals surface area (Å²) in [7, 11) is 0. The Morgan fingerprint density at radius 3 is 1.32 bits per heavy atom. The van der Waals surface area contributed by atoms with Crippen molar-refractivity contribution in [3.63, 3.8) is 0 Å². The summed E-state index contributed by atoms with van der Waals surface area (Å²) < 4.78 is 6.09. The van der Waals surface area contributed by atoms with Crippen LogP contribution in [0.2, 0.25) is 0 Å². The molecular formula is C62H56O. The second kappa shape index (κ2) is 19.7.